The van der Waals surface area contributed by atoms with Crippen molar-refractivity contribution in [2.75, 3.05) is 6.61 Å². The molecule has 1 N–H and O–H groups in total. The summed E-state index contributed by atoms with van der Waals surface area (Å²) in [5.74, 6) is -0.580. The Morgan fingerprint density at radius 1 is 1.04 bits per heavy atom. The van der Waals surface area contributed by atoms with E-state index in [0.29, 0.717) is 18.8 Å². The molecular formula is C22H20N2O3. The van der Waals surface area contributed by atoms with Crippen LogP contribution in [0.25, 0.3) is 17.0 Å². The lowest BCUT2D eigenvalue weighted by Gasteiger charge is -2.06. The Morgan fingerprint density at radius 2 is 1.81 bits per heavy atom. The molecule has 1 amide bonds. The molecule has 5 nitrogen and oxygen atoms in total. The number of benzene rings is 2. The summed E-state index contributed by atoms with van der Waals surface area (Å²) in [6.07, 6.45) is 3.09. The van der Waals surface area contributed by atoms with Gasteiger partial charge in [0.25, 0.3) is 5.91 Å². The summed E-state index contributed by atoms with van der Waals surface area (Å²) in [6, 6.07) is 18.9. The number of hydrogen-bond donors (Lipinski definition) is 1. The van der Waals surface area contributed by atoms with Crippen LogP contribution in [0.4, 0.5) is 0 Å². The molecule has 3 rings (SSSR count). The van der Waals surface area contributed by atoms with E-state index in [1.165, 1.54) is 6.08 Å². The van der Waals surface area contributed by atoms with Gasteiger partial charge in [0.15, 0.2) is 0 Å². The third kappa shape index (κ3) is 5.01. The zero-order chi connectivity index (χ0) is 19.1. The maximum Gasteiger partial charge on any atom is 0.330 e. The Hall–Kier alpha value is -3.47. The third-order valence-electron chi connectivity index (χ3n) is 3.96. The van der Waals surface area contributed by atoms with Gasteiger partial charge in [0.2, 0.25) is 0 Å². The van der Waals surface area contributed by atoms with Crippen LogP contribution in [-0.2, 0) is 16.1 Å². The summed E-state index contributed by atoms with van der Waals surface area (Å²) in [4.78, 5) is 28.0. The van der Waals surface area contributed by atoms with E-state index in [4.69, 9.17) is 4.74 Å². The van der Waals surface area contributed by atoms with Crippen LogP contribution in [0.1, 0.15) is 28.5 Å². The van der Waals surface area contributed by atoms with E-state index < -0.39 is 0 Å². The molecule has 0 radical (unpaired) electrons. The van der Waals surface area contributed by atoms with Crippen LogP contribution in [0.3, 0.4) is 0 Å². The maximum atomic E-state index is 12.3. The highest BCUT2D eigenvalue weighted by Crippen LogP contribution is 2.12. The molecule has 0 saturated heterocycles. The number of pyridine rings is 1. The largest absolute Gasteiger partial charge is 0.463 e. The number of aromatic nitrogens is 1. The Kier molecular flexibility index (Phi) is 5.94. The first-order chi connectivity index (χ1) is 13.2. The predicted octanol–water partition coefficient (Wildman–Crippen LogP) is 3.74. The fourth-order valence-corrected chi connectivity index (χ4v) is 2.57. The van der Waals surface area contributed by atoms with E-state index in [1.54, 1.807) is 19.1 Å². The van der Waals surface area contributed by atoms with Crippen LogP contribution in [0.2, 0.25) is 0 Å². The van der Waals surface area contributed by atoms with Crippen LogP contribution >= 0.6 is 0 Å². The summed E-state index contributed by atoms with van der Waals surface area (Å²) >= 11 is 0. The molecule has 1 heterocycles. The van der Waals surface area contributed by atoms with Gasteiger partial charge in [-0.25, -0.2) is 9.78 Å². The van der Waals surface area contributed by atoms with Gasteiger partial charge in [0.1, 0.15) is 5.69 Å². The second kappa shape index (κ2) is 8.76. The number of amides is 1. The zero-order valence-corrected chi connectivity index (χ0v) is 15.0. The standard InChI is InChI=1S/C22H20N2O3/c1-2-27-21(25)14-11-16-7-9-17(10-8-16)15-23-22(26)20-13-12-18-5-3-4-6-19(18)24-20/h3-14H,2,15H2,1H3,(H,23,26). The van der Waals surface area contributed by atoms with Crippen molar-refractivity contribution in [1.29, 1.82) is 0 Å². The molecule has 2 aromatic carbocycles. The number of esters is 1. The molecule has 0 saturated carbocycles. The Bertz CT molecular complexity index is 978. The van der Waals surface area contributed by atoms with E-state index in [0.717, 1.165) is 22.0 Å². The molecule has 0 fully saturated rings. The highest BCUT2D eigenvalue weighted by molar-refractivity contribution is 5.94. The zero-order valence-electron chi connectivity index (χ0n) is 15.0. The van der Waals surface area contributed by atoms with Crippen molar-refractivity contribution in [2.24, 2.45) is 0 Å². The van der Waals surface area contributed by atoms with Crippen molar-refractivity contribution in [1.82, 2.24) is 10.3 Å². The van der Waals surface area contributed by atoms with Gasteiger partial charge in [-0.3, -0.25) is 4.79 Å². The van der Waals surface area contributed by atoms with E-state index in [-0.39, 0.29) is 11.9 Å². The van der Waals surface area contributed by atoms with Crippen LogP contribution in [0.15, 0.2) is 66.7 Å². The molecular weight excluding hydrogens is 340 g/mol. The second-order valence-corrected chi connectivity index (χ2v) is 5.90. The van der Waals surface area contributed by atoms with E-state index >= 15 is 0 Å². The minimum atomic E-state index is -0.364. The van der Waals surface area contributed by atoms with Gasteiger partial charge in [-0.15, -0.1) is 0 Å². The SMILES string of the molecule is CCOC(=O)C=Cc1ccc(CNC(=O)c2ccc3ccccc3n2)cc1. The number of carbonyl (C=O) groups excluding carboxylic acids is 2. The number of hydrogen-bond acceptors (Lipinski definition) is 4. The van der Waals surface area contributed by atoms with Gasteiger partial charge < -0.3 is 10.1 Å². The summed E-state index contributed by atoms with van der Waals surface area (Å²) < 4.78 is 4.84. The predicted molar refractivity (Wildman–Crippen MR) is 105 cm³/mol. The van der Waals surface area contributed by atoms with Crippen molar-refractivity contribution < 1.29 is 14.3 Å². The molecule has 1 aromatic heterocycles. The molecule has 5 heteroatoms. The van der Waals surface area contributed by atoms with Crippen molar-refractivity contribution in [3.05, 3.63) is 83.6 Å². The molecule has 3 aromatic rings. The highest BCUT2D eigenvalue weighted by atomic mass is 16.5. The molecule has 0 aliphatic heterocycles. The number of para-hydroxylation sites is 1. The summed E-state index contributed by atoms with van der Waals surface area (Å²) in [5, 5.41) is 3.87. The van der Waals surface area contributed by atoms with Crippen molar-refractivity contribution in [2.45, 2.75) is 13.5 Å². The summed E-state index contributed by atoms with van der Waals surface area (Å²) in [5.41, 5.74) is 3.03. The molecule has 0 unspecified atom stereocenters. The van der Waals surface area contributed by atoms with Gasteiger partial charge in [-0.2, -0.15) is 0 Å². The first-order valence-electron chi connectivity index (χ1n) is 8.73. The normalized spacial score (nSPS) is 10.9. The Morgan fingerprint density at radius 3 is 2.59 bits per heavy atom. The number of ether oxygens (including phenoxy) is 1. The van der Waals surface area contributed by atoms with Gasteiger partial charge in [-0.1, -0.05) is 48.5 Å². The minimum Gasteiger partial charge on any atom is -0.463 e. The number of carbonyl (C=O) groups is 2. The molecule has 0 bridgehead atoms. The topological polar surface area (TPSA) is 68.3 Å². The highest BCUT2D eigenvalue weighted by Gasteiger charge is 2.07. The van der Waals surface area contributed by atoms with Crippen LogP contribution in [0.5, 0.6) is 0 Å². The average molecular weight is 360 g/mol. The minimum absolute atomic E-state index is 0.216. The van der Waals surface area contributed by atoms with E-state index in [1.807, 2.05) is 54.6 Å². The lowest BCUT2D eigenvalue weighted by molar-refractivity contribution is -0.137. The quantitative estimate of drug-likeness (QED) is 0.537. The average Bonchev–Trinajstić information content (AvgIpc) is 2.71. The van der Waals surface area contributed by atoms with Crippen LogP contribution < -0.4 is 5.32 Å². The van der Waals surface area contributed by atoms with Crippen LogP contribution in [0, 0.1) is 0 Å². The molecule has 0 aliphatic rings. The first kappa shape index (κ1) is 18.3. The second-order valence-electron chi connectivity index (χ2n) is 5.90. The monoisotopic (exact) mass is 360 g/mol. The van der Waals surface area contributed by atoms with E-state index in [2.05, 4.69) is 10.3 Å². The molecule has 136 valence electrons. The maximum absolute atomic E-state index is 12.3. The smallest absolute Gasteiger partial charge is 0.330 e. The lowest BCUT2D eigenvalue weighted by atomic mass is 10.1. The molecule has 27 heavy (non-hydrogen) atoms. The van der Waals surface area contributed by atoms with Crippen LogP contribution in [-0.4, -0.2) is 23.5 Å². The van der Waals surface area contributed by atoms with Crippen molar-refractivity contribution >= 4 is 28.9 Å². The van der Waals surface area contributed by atoms with E-state index in [9.17, 15) is 9.59 Å². The van der Waals surface area contributed by atoms with Gasteiger partial charge in [0, 0.05) is 18.0 Å². The molecule has 0 spiro atoms. The number of nitrogens with zero attached hydrogens (tertiary/aromatic N) is 1. The molecule has 0 atom stereocenters. The number of rotatable bonds is 6. The van der Waals surface area contributed by atoms with Gasteiger partial charge in [0.05, 0.1) is 12.1 Å². The summed E-state index contributed by atoms with van der Waals surface area (Å²) in [6.45, 7) is 2.52. The molecule has 0 aliphatic carbocycles. The Labute approximate surface area is 157 Å². The summed E-state index contributed by atoms with van der Waals surface area (Å²) in [7, 11) is 0. The third-order valence-corrected chi connectivity index (χ3v) is 3.96. The fraction of sp³-hybridized carbons (Fsp3) is 0.136. The number of nitrogens with one attached hydrogen (secondary N) is 1. The van der Waals surface area contributed by atoms with Crippen molar-refractivity contribution in [3.8, 4) is 0 Å². The lowest BCUT2D eigenvalue weighted by Crippen LogP contribution is -2.23. The van der Waals surface area contributed by atoms with Gasteiger partial charge in [-0.05, 0) is 36.3 Å². The first-order valence-corrected chi connectivity index (χ1v) is 8.73. The number of fused-ring (bicyclic) bond motifs is 1. The Balaban J connectivity index is 1.58. The van der Waals surface area contributed by atoms with Gasteiger partial charge >= 0.3 is 5.97 Å². The van der Waals surface area contributed by atoms with Crippen molar-refractivity contribution in [3.63, 3.8) is 0 Å². The fourth-order valence-electron chi connectivity index (χ4n) is 2.57.